The maximum Gasteiger partial charge on any atom is 0.259 e. The number of para-hydroxylation sites is 2. The van der Waals surface area contributed by atoms with Crippen LogP contribution in [0.25, 0.3) is 5.78 Å². The molecule has 0 spiro atoms. The van der Waals surface area contributed by atoms with Gasteiger partial charge in [0.15, 0.2) is 0 Å². The van der Waals surface area contributed by atoms with Crippen molar-refractivity contribution >= 4 is 41.0 Å². The van der Waals surface area contributed by atoms with E-state index in [0.717, 1.165) is 0 Å². The number of benzene rings is 1. The molecule has 0 fully saturated rings. The molecule has 11 heteroatoms. The van der Waals surface area contributed by atoms with Crippen molar-refractivity contribution in [3.8, 4) is 5.75 Å². The maximum absolute atomic E-state index is 12.3. The first-order chi connectivity index (χ1) is 13.6. The second-order valence-electron chi connectivity index (χ2n) is 5.57. The highest BCUT2D eigenvalue weighted by atomic mass is 32.2. The Morgan fingerprint density at radius 2 is 1.93 bits per heavy atom. The molecule has 0 unspecified atom stereocenters. The van der Waals surface area contributed by atoms with Crippen molar-refractivity contribution in [1.82, 2.24) is 24.6 Å². The summed E-state index contributed by atoms with van der Waals surface area (Å²) < 4.78 is 6.77. The normalized spacial score (nSPS) is 10.7. The Morgan fingerprint density at radius 3 is 2.68 bits per heavy atom. The lowest BCUT2D eigenvalue weighted by atomic mass is 10.3. The largest absolute Gasteiger partial charge is 0.495 e. The summed E-state index contributed by atoms with van der Waals surface area (Å²) in [4.78, 5) is 25.4. The molecule has 0 saturated heterocycles. The summed E-state index contributed by atoms with van der Waals surface area (Å²) in [5, 5.41) is 13.9. The molecule has 0 aliphatic carbocycles. The average molecular weight is 402 g/mol. The zero-order chi connectivity index (χ0) is 19.9. The Morgan fingerprint density at radius 1 is 1.14 bits per heavy atom. The van der Waals surface area contributed by atoms with Crippen LogP contribution < -0.4 is 20.7 Å². The highest BCUT2D eigenvalue weighted by Gasteiger charge is 2.14. The number of aromatic nitrogens is 5. The highest BCUT2D eigenvalue weighted by Crippen LogP contribution is 2.24. The van der Waals surface area contributed by atoms with E-state index in [-0.39, 0.29) is 11.7 Å². The molecule has 1 amide bonds. The topological polar surface area (TPSA) is 118 Å². The Hall–Kier alpha value is -3.08. The molecule has 0 atom stereocenters. The number of nitrogens with zero attached hydrogens (tertiary/aromatic N) is 5. The number of anilines is 3. The zero-order valence-corrected chi connectivity index (χ0v) is 16.7. The Bertz CT molecular complexity index is 961. The minimum atomic E-state index is -0.181. The molecule has 28 heavy (non-hydrogen) atoms. The second kappa shape index (κ2) is 9.22. The van der Waals surface area contributed by atoms with Crippen LogP contribution in [0, 0.1) is 0 Å². The van der Waals surface area contributed by atoms with Crippen molar-refractivity contribution < 1.29 is 9.53 Å². The highest BCUT2D eigenvalue weighted by molar-refractivity contribution is 7.99. The van der Waals surface area contributed by atoms with Crippen LogP contribution in [-0.4, -0.2) is 56.4 Å². The number of ether oxygens (including phenoxy) is 1. The average Bonchev–Trinajstić information content (AvgIpc) is 3.11. The number of rotatable bonds is 9. The molecule has 2 aromatic heterocycles. The van der Waals surface area contributed by atoms with Gasteiger partial charge < -0.3 is 20.7 Å². The van der Waals surface area contributed by atoms with E-state index >= 15 is 0 Å². The number of carbonyl (C=O) groups is 1. The predicted octanol–water partition coefficient (Wildman–Crippen LogP) is 2.12. The van der Waals surface area contributed by atoms with E-state index < -0.39 is 0 Å². The molecule has 3 rings (SSSR count). The maximum atomic E-state index is 12.3. The number of hydrogen-bond acceptors (Lipinski definition) is 9. The number of carbonyl (C=O) groups excluding carboxylic acids is 1. The molecule has 3 N–H and O–H groups in total. The number of hydrogen-bond donors (Lipinski definition) is 3. The van der Waals surface area contributed by atoms with Crippen LogP contribution in [0.5, 0.6) is 5.75 Å². The first-order valence-electron chi connectivity index (χ1n) is 8.82. The van der Waals surface area contributed by atoms with Gasteiger partial charge in [-0.2, -0.15) is 19.5 Å². The molecule has 0 radical (unpaired) electrons. The quantitative estimate of drug-likeness (QED) is 0.462. The van der Waals surface area contributed by atoms with Crippen LogP contribution >= 0.6 is 11.8 Å². The standard InChI is InChI=1S/C17H22N8O2S/c1-4-18-14-21-15(19-5-2)25-16(22-14)23-17(24-25)28-10-13(26)20-11-8-6-7-9-12(11)27-3/h6-9H,4-5,10H2,1-3H3,(H,20,26)(H2,18,19,21,22,23,24). The van der Waals surface area contributed by atoms with E-state index in [4.69, 9.17) is 4.74 Å². The monoisotopic (exact) mass is 402 g/mol. The summed E-state index contributed by atoms with van der Waals surface area (Å²) >= 11 is 1.22. The second-order valence-corrected chi connectivity index (χ2v) is 6.52. The molecular formula is C17H22N8O2S. The molecule has 0 aliphatic heterocycles. The molecular weight excluding hydrogens is 380 g/mol. The predicted molar refractivity (Wildman–Crippen MR) is 109 cm³/mol. The molecule has 1 aromatic carbocycles. The Balaban J connectivity index is 1.71. The lowest BCUT2D eigenvalue weighted by molar-refractivity contribution is -0.113. The van der Waals surface area contributed by atoms with Gasteiger partial charge in [0.25, 0.3) is 5.78 Å². The van der Waals surface area contributed by atoms with Crippen molar-refractivity contribution in [1.29, 1.82) is 0 Å². The van der Waals surface area contributed by atoms with Gasteiger partial charge in [-0.25, -0.2) is 0 Å². The fraction of sp³-hybridized carbons (Fsp3) is 0.353. The van der Waals surface area contributed by atoms with Crippen LogP contribution in [0.4, 0.5) is 17.6 Å². The summed E-state index contributed by atoms with van der Waals surface area (Å²) in [5.41, 5.74) is 0.620. The minimum absolute atomic E-state index is 0.152. The summed E-state index contributed by atoms with van der Waals surface area (Å²) in [5.74, 6) is 2.01. The summed E-state index contributed by atoms with van der Waals surface area (Å²) in [6.45, 7) is 5.31. The molecule has 0 bridgehead atoms. The van der Waals surface area contributed by atoms with Gasteiger partial charge in [0, 0.05) is 13.1 Å². The van der Waals surface area contributed by atoms with Crippen molar-refractivity contribution in [3.63, 3.8) is 0 Å². The number of methoxy groups -OCH3 is 1. The summed E-state index contributed by atoms with van der Waals surface area (Å²) in [6.07, 6.45) is 0. The van der Waals surface area contributed by atoms with Gasteiger partial charge in [-0.15, -0.1) is 5.10 Å². The van der Waals surface area contributed by atoms with Gasteiger partial charge in [-0.05, 0) is 26.0 Å². The number of nitrogens with one attached hydrogen (secondary N) is 3. The third-order valence-electron chi connectivity index (χ3n) is 3.57. The summed E-state index contributed by atoms with van der Waals surface area (Å²) in [6, 6.07) is 7.24. The first kappa shape index (κ1) is 19.7. The van der Waals surface area contributed by atoms with Crippen LogP contribution in [0.1, 0.15) is 13.8 Å². The van der Waals surface area contributed by atoms with Gasteiger partial charge >= 0.3 is 0 Å². The van der Waals surface area contributed by atoms with E-state index in [1.165, 1.54) is 16.3 Å². The van der Waals surface area contributed by atoms with Crippen LogP contribution in [0.2, 0.25) is 0 Å². The molecule has 0 saturated carbocycles. The molecule has 0 aliphatic rings. The third-order valence-corrected chi connectivity index (χ3v) is 4.41. The Kier molecular flexibility index (Phi) is 6.48. The summed E-state index contributed by atoms with van der Waals surface area (Å²) in [7, 11) is 1.56. The molecule has 3 aromatic rings. The van der Waals surface area contributed by atoms with E-state index in [9.17, 15) is 4.79 Å². The van der Waals surface area contributed by atoms with Gasteiger partial charge in [0.2, 0.25) is 23.0 Å². The molecule has 10 nitrogen and oxygen atoms in total. The van der Waals surface area contributed by atoms with Gasteiger partial charge in [-0.3, -0.25) is 4.79 Å². The van der Waals surface area contributed by atoms with E-state index in [1.807, 2.05) is 26.0 Å². The SMILES string of the molecule is CCNc1nc(NCC)n2nc(SCC(=O)Nc3ccccc3OC)nc2n1. The smallest absolute Gasteiger partial charge is 0.259 e. The number of amides is 1. The number of thioether (sulfide) groups is 1. The van der Waals surface area contributed by atoms with Gasteiger partial charge in [0.05, 0.1) is 18.6 Å². The number of fused-ring (bicyclic) bond motifs is 1. The Labute approximate surface area is 166 Å². The third kappa shape index (κ3) is 4.60. The van der Waals surface area contributed by atoms with Gasteiger partial charge in [0.1, 0.15) is 5.75 Å². The lowest BCUT2D eigenvalue weighted by Crippen LogP contribution is -2.14. The zero-order valence-electron chi connectivity index (χ0n) is 15.9. The van der Waals surface area contributed by atoms with E-state index in [1.54, 1.807) is 19.2 Å². The fourth-order valence-electron chi connectivity index (χ4n) is 2.40. The first-order valence-corrected chi connectivity index (χ1v) is 9.81. The molecule has 148 valence electrons. The van der Waals surface area contributed by atoms with E-state index in [2.05, 4.69) is 36.0 Å². The van der Waals surface area contributed by atoms with Gasteiger partial charge in [-0.1, -0.05) is 23.9 Å². The van der Waals surface area contributed by atoms with E-state index in [0.29, 0.717) is 47.4 Å². The van der Waals surface area contributed by atoms with Crippen molar-refractivity contribution in [3.05, 3.63) is 24.3 Å². The van der Waals surface area contributed by atoms with Crippen LogP contribution in [0.15, 0.2) is 29.4 Å². The minimum Gasteiger partial charge on any atom is -0.495 e. The van der Waals surface area contributed by atoms with Crippen molar-refractivity contribution in [2.75, 3.05) is 41.9 Å². The fourth-order valence-corrected chi connectivity index (χ4v) is 3.02. The van der Waals surface area contributed by atoms with Crippen molar-refractivity contribution in [2.45, 2.75) is 19.0 Å². The lowest BCUT2D eigenvalue weighted by Gasteiger charge is -2.08. The van der Waals surface area contributed by atoms with Crippen LogP contribution in [0.3, 0.4) is 0 Å². The van der Waals surface area contributed by atoms with Crippen molar-refractivity contribution in [2.24, 2.45) is 0 Å². The van der Waals surface area contributed by atoms with Crippen LogP contribution in [-0.2, 0) is 4.79 Å². The molecule has 2 heterocycles.